The summed E-state index contributed by atoms with van der Waals surface area (Å²) >= 11 is 9.43. The molecule has 3 rings (SSSR count). The van der Waals surface area contributed by atoms with E-state index < -0.39 is 35.5 Å². The Kier molecular flexibility index (Phi) is 4.98. The van der Waals surface area contributed by atoms with E-state index in [4.69, 9.17) is 11.6 Å². The summed E-state index contributed by atoms with van der Waals surface area (Å²) in [7, 11) is 3.19. The van der Waals surface area contributed by atoms with Crippen molar-refractivity contribution in [1.82, 2.24) is 19.7 Å². The van der Waals surface area contributed by atoms with Gasteiger partial charge in [-0.3, -0.25) is 14.3 Å². The summed E-state index contributed by atoms with van der Waals surface area (Å²) in [6.07, 6.45) is 0. The summed E-state index contributed by atoms with van der Waals surface area (Å²) in [5.74, 6) is -5.07. The van der Waals surface area contributed by atoms with Gasteiger partial charge in [0.1, 0.15) is 11.1 Å². The van der Waals surface area contributed by atoms with Crippen LogP contribution in [0, 0.1) is 17.8 Å². The molecule has 2 aromatic heterocycles. The molecule has 2 atom stereocenters. The summed E-state index contributed by atoms with van der Waals surface area (Å²) < 4.78 is 28.5. The van der Waals surface area contributed by atoms with Gasteiger partial charge >= 0.3 is 0 Å². The minimum atomic E-state index is -1.17. The van der Waals surface area contributed by atoms with E-state index in [1.807, 2.05) is 0 Å². The smallest absolute Gasteiger partial charge is 0.239 e. The summed E-state index contributed by atoms with van der Waals surface area (Å²) in [6, 6.07) is 1.95. The van der Waals surface area contributed by atoms with E-state index >= 15 is 0 Å². The van der Waals surface area contributed by atoms with Gasteiger partial charge < -0.3 is 10.2 Å². The number of aryl methyl sites for hydroxylation is 1. The van der Waals surface area contributed by atoms with E-state index in [0.29, 0.717) is 15.3 Å². The third kappa shape index (κ3) is 3.18. The number of nitrogens with zero attached hydrogens (tertiary/aromatic N) is 4. The topological polar surface area (TPSA) is 80.1 Å². The van der Waals surface area contributed by atoms with Gasteiger partial charge in [-0.15, -0.1) is 0 Å². The lowest BCUT2D eigenvalue weighted by Crippen LogP contribution is -2.33. The molecule has 1 aliphatic rings. The number of carbonyl (C=O) groups excluding carboxylic acids is 2. The van der Waals surface area contributed by atoms with E-state index in [9.17, 15) is 18.4 Å². The normalized spacial score (nSPS) is 19.9. The van der Waals surface area contributed by atoms with E-state index in [1.165, 1.54) is 9.58 Å². The first-order valence-electron chi connectivity index (χ1n) is 7.46. The van der Waals surface area contributed by atoms with Crippen molar-refractivity contribution in [3.05, 3.63) is 39.3 Å². The number of anilines is 1. The third-order valence-electron chi connectivity index (χ3n) is 4.17. The van der Waals surface area contributed by atoms with Gasteiger partial charge in [-0.25, -0.2) is 0 Å². The van der Waals surface area contributed by atoms with Crippen LogP contribution in [0.1, 0.15) is 11.6 Å². The Bertz CT molecular complexity index is 906. The average Bonchev–Trinajstić information content (AvgIpc) is 3.01. The molecule has 26 heavy (non-hydrogen) atoms. The number of likely N-dealkylation sites (tertiary alicyclic amines) is 1. The van der Waals surface area contributed by atoms with Crippen LogP contribution in [0.4, 0.5) is 14.5 Å². The van der Waals surface area contributed by atoms with E-state index in [1.54, 1.807) is 14.1 Å². The molecule has 0 saturated carbocycles. The van der Waals surface area contributed by atoms with Crippen LogP contribution in [0.15, 0.2) is 16.6 Å². The quantitative estimate of drug-likeness (QED) is 0.577. The molecular formula is C15H13BrClF2N5O2. The number of pyridine rings is 1. The van der Waals surface area contributed by atoms with Crippen molar-refractivity contribution in [3.8, 4) is 0 Å². The Morgan fingerprint density at radius 1 is 1.38 bits per heavy atom. The molecular weight excluding hydrogens is 436 g/mol. The molecule has 0 spiro atoms. The maximum Gasteiger partial charge on any atom is 0.239 e. The Labute approximate surface area is 160 Å². The highest BCUT2D eigenvalue weighted by molar-refractivity contribution is 9.10. The molecule has 2 aromatic rings. The second-order valence-corrected chi connectivity index (χ2v) is 7.03. The Morgan fingerprint density at radius 3 is 2.65 bits per heavy atom. The number of carbonyl (C=O) groups is 2. The zero-order valence-electron chi connectivity index (χ0n) is 13.6. The summed E-state index contributed by atoms with van der Waals surface area (Å²) in [5.41, 5.74) is 0.142. The van der Waals surface area contributed by atoms with E-state index in [-0.39, 0.29) is 12.2 Å². The Hall–Kier alpha value is -2.07. The van der Waals surface area contributed by atoms with Crippen LogP contribution in [0.5, 0.6) is 0 Å². The van der Waals surface area contributed by atoms with Gasteiger partial charge in [0.25, 0.3) is 0 Å². The minimum absolute atomic E-state index is 0.243. The van der Waals surface area contributed by atoms with Crippen LogP contribution >= 0.6 is 27.5 Å². The summed E-state index contributed by atoms with van der Waals surface area (Å²) in [4.78, 5) is 29.5. The van der Waals surface area contributed by atoms with E-state index in [2.05, 4.69) is 31.3 Å². The van der Waals surface area contributed by atoms with Gasteiger partial charge in [0.15, 0.2) is 0 Å². The molecule has 3 heterocycles. The van der Waals surface area contributed by atoms with Crippen LogP contribution in [0.2, 0.25) is 5.15 Å². The fourth-order valence-corrected chi connectivity index (χ4v) is 3.65. The maximum absolute atomic E-state index is 13.7. The van der Waals surface area contributed by atoms with Crippen LogP contribution < -0.4 is 5.32 Å². The number of nitrogens with one attached hydrogen (secondary N) is 1. The first-order chi connectivity index (χ1) is 12.2. The molecule has 11 heteroatoms. The van der Waals surface area contributed by atoms with E-state index in [0.717, 1.165) is 12.1 Å². The molecule has 1 N–H and O–H groups in total. The first-order valence-corrected chi connectivity index (χ1v) is 8.63. The number of rotatable bonds is 3. The number of hydrogen-bond acceptors (Lipinski definition) is 4. The predicted octanol–water partition coefficient (Wildman–Crippen LogP) is 2.32. The molecule has 7 nitrogen and oxygen atoms in total. The standard InChI is InChI=1S/C15H13BrClF2N5O2/c1-23-5-6(11-10(16)12(17)24(2)22-11)9(15(23)26)14(25)20-7-3-4-8(18)21-13(7)19/h3-4,6,9H,5H2,1-2H3,(H,20,25)/t6-,9-/m0/s1. The molecule has 0 bridgehead atoms. The number of likely N-dealkylation sites (N-methyl/N-ethyl adjacent to an activating group) is 1. The highest BCUT2D eigenvalue weighted by Gasteiger charge is 2.46. The van der Waals surface area contributed by atoms with Gasteiger partial charge in [0, 0.05) is 26.6 Å². The maximum atomic E-state index is 13.7. The van der Waals surface area contributed by atoms with Crippen LogP contribution in [0.3, 0.4) is 0 Å². The van der Waals surface area contributed by atoms with Crippen LogP contribution in [0.25, 0.3) is 0 Å². The van der Waals surface area contributed by atoms with Crippen LogP contribution in [-0.4, -0.2) is 45.1 Å². The van der Waals surface area contributed by atoms with Crippen molar-refractivity contribution >= 4 is 45.0 Å². The summed E-state index contributed by atoms with van der Waals surface area (Å²) in [5, 5.41) is 6.90. The van der Waals surface area contributed by atoms with Crippen molar-refractivity contribution in [2.45, 2.75) is 5.92 Å². The van der Waals surface area contributed by atoms with Crippen molar-refractivity contribution in [1.29, 1.82) is 0 Å². The third-order valence-corrected chi connectivity index (χ3v) is 5.61. The monoisotopic (exact) mass is 447 g/mol. The average molecular weight is 449 g/mol. The lowest BCUT2D eigenvalue weighted by Gasteiger charge is -2.15. The first kappa shape index (κ1) is 18.7. The van der Waals surface area contributed by atoms with Crippen LogP contribution in [-0.2, 0) is 16.6 Å². The van der Waals surface area contributed by atoms with Crippen molar-refractivity contribution < 1.29 is 18.4 Å². The van der Waals surface area contributed by atoms with Crippen molar-refractivity contribution in [2.24, 2.45) is 13.0 Å². The van der Waals surface area contributed by atoms with Gasteiger partial charge in [0.05, 0.1) is 15.9 Å². The van der Waals surface area contributed by atoms with Crippen molar-refractivity contribution in [3.63, 3.8) is 0 Å². The number of halogens is 4. The molecule has 1 fully saturated rings. The second-order valence-electron chi connectivity index (χ2n) is 5.88. The van der Waals surface area contributed by atoms with Gasteiger partial charge in [0.2, 0.25) is 23.7 Å². The highest BCUT2D eigenvalue weighted by Crippen LogP contribution is 2.39. The Morgan fingerprint density at radius 2 is 2.08 bits per heavy atom. The van der Waals surface area contributed by atoms with Gasteiger partial charge in [-0.2, -0.15) is 18.9 Å². The predicted molar refractivity (Wildman–Crippen MR) is 92.6 cm³/mol. The summed E-state index contributed by atoms with van der Waals surface area (Å²) in [6.45, 7) is 0.243. The lowest BCUT2D eigenvalue weighted by molar-refractivity contribution is -0.135. The molecule has 0 aromatic carbocycles. The fourth-order valence-electron chi connectivity index (χ4n) is 2.89. The van der Waals surface area contributed by atoms with Crippen molar-refractivity contribution in [2.75, 3.05) is 18.9 Å². The molecule has 0 radical (unpaired) electrons. The molecule has 0 unspecified atom stereocenters. The highest BCUT2D eigenvalue weighted by atomic mass is 79.9. The van der Waals surface area contributed by atoms with Gasteiger partial charge in [-0.1, -0.05) is 11.6 Å². The minimum Gasteiger partial charge on any atom is -0.344 e. The Balaban J connectivity index is 1.93. The molecule has 1 aliphatic heterocycles. The fraction of sp³-hybridized carbons (Fsp3) is 0.333. The SMILES string of the molecule is CN1C[C@H](c2nn(C)c(Cl)c2Br)[C@@H](C(=O)Nc2ccc(F)nc2F)C1=O. The molecule has 138 valence electrons. The second kappa shape index (κ2) is 6.92. The molecule has 1 saturated heterocycles. The number of aromatic nitrogens is 3. The largest absolute Gasteiger partial charge is 0.344 e. The lowest BCUT2D eigenvalue weighted by atomic mass is 9.91. The molecule has 0 aliphatic carbocycles. The zero-order valence-corrected chi connectivity index (χ0v) is 16.0. The number of hydrogen-bond donors (Lipinski definition) is 1. The van der Waals surface area contributed by atoms with Gasteiger partial charge in [-0.05, 0) is 28.1 Å². The zero-order chi connectivity index (χ0) is 19.2. The number of amides is 2. The molecule has 2 amide bonds.